The largest absolute Gasteiger partial charge is 0.495 e. The van der Waals surface area contributed by atoms with Crippen LogP contribution in [-0.2, 0) is 4.79 Å². The fourth-order valence-corrected chi connectivity index (χ4v) is 2.63. The number of ether oxygens (including phenoxy) is 1. The Morgan fingerprint density at radius 3 is 2.43 bits per heavy atom. The van der Waals surface area contributed by atoms with E-state index in [-0.39, 0.29) is 11.8 Å². The number of amides is 1. The summed E-state index contributed by atoms with van der Waals surface area (Å²) < 4.78 is 7.15. The third-order valence-electron chi connectivity index (χ3n) is 3.80. The maximum Gasteiger partial charge on any atom is 0.227 e. The maximum atomic E-state index is 12.6. The number of aromatic nitrogens is 3. The average Bonchev–Trinajstić information content (AvgIpc) is 3.09. The van der Waals surface area contributed by atoms with E-state index < -0.39 is 0 Å². The minimum atomic E-state index is 0.0354. The first-order valence-corrected chi connectivity index (χ1v) is 8.03. The quantitative estimate of drug-likeness (QED) is 0.810. The molecule has 0 aliphatic heterocycles. The minimum Gasteiger partial charge on any atom is -0.495 e. The Balaban J connectivity index is 2.23. The van der Waals surface area contributed by atoms with Crippen molar-refractivity contribution in [3.63, 3.8) is 0 Å². The van der Waals surface area contributed by atoms with E-state index in [0.29, 0.717) is 11.4 Å². The van der Waals surface area contributed by atoms with E-state index in [1.807, 2.05) is 18.2 Å². The lowest BCUT2D eigenvalue weighted by atomic mass is 9.97. The summed E-state index contributed by atoms with van der Waals surface area (Å²) in [4.78, 5) is 12.6. The number of carbonyl (C=O) groups is 1. The van der Waals surface area contributed by atoms with Crippen LogP contribution in [0.2, 0.25) is 0 Å². The van der Waals surface area contributed by atoms with Crippen LogP contribution < -0.4 is 10.1 Å². The molecule has 0 atom stereocenters. The average molecular weight is 316 g/mol. The number of hydrogen-bond acceptors (Lipinski definition) is 4. The molecule has 1 heterocycles. The van der Waals surface area contributed by atoms with Crippen LogP contribution in [0.1, 0.15) is 39.5 Å². The van der Waals surface area contributed by atoms with Crippen LogP contribution in [0.15, 0.2) is 30.9 Å². The van der Waals surface area contributed by atoms with Gasteiger partial charge in [0, 0.05) is 5.92 Å². The van der Waals surface area contributed by atoms with Crippen molar-refractivity contribution in [2.75, 3.05) is 12.4 Å². The van der Waals surface area contributed by atoms with E-state index in [2.05, 4.69) is 29.4 Å². The predicted molar refractivity (Wildman–Crippen MR) is 89.8 cm³/mol. The molecular weight excluding hydrogens is 292 g/mol. The first-order chi connectivity index (χ1) is 11.2. The lowest BCUT2D eigenvalue weighted by Crippen LogP contribution is -2.23. The van der Waals surface area contributed by atoms with E-state index in [1.165, 1.54) is 0 Å². The maximum absolute atomic E-state index is 12.6. The van der Waals surface area contributed by atoms with E-state index >= 15 is 0 Å². The number of rotatable bonds is 8. The van der Waals surface area contributed by atoms with Gasteiger partial charge in [-0.1, -0.05) is 26.7 Å². The standard InChI is InChI=1S/C17H24N4O2/c1-4-6-13(7-5-2)17(22)20-15-10-14(8-9-16(15)23-3)21-11-18-19-12-21/h8-13H,4-7H2,1-3H3,(H,20,22). The second-order valence-corrected chi connectivity index (χ2v) is 5.52. The van der Waals surface area contributed by atoms with Crippen molar-refractivity contribution in [3.8, 4) is 11.4 Å². The fraction of sp³-hybridized carbons (Fsp3) is 0.471. The number of methoxy groups -OCH3 is 1. The van der Waals surface area contributed by atoms with Crippen LogP contribution >= 0.6 is 0 Å². The summed E-state index contributed by atoms with van der Waals surface area (Å²) in [5, 5.41) is 10.6. The number of nitrogens with zero attached hydrogens (tertiary/aromatic N) is 3. The Labute approximate surface area is 136 Å². The van der Waals surface area contributed by atoms with Gasteiger partial charge in [0.1, 0.15) is 18.4 Å². The molecule has 1 aromatic carbocycles. The smallest absolute Gasteiger partial charge is 0.227 e. The number of benzene rings is 1. The highest BCUT2D eigenvalue weighted by Crippen LogP contribution is 2.28. The molecule has 0 aliphatic carbocycles. The molecular formula is C17H24N4O2. The molecule has 23 heavy (non-hydrogen) atoms. The van der Waals surface area contributed by atoms with Gasteiger partial charge in [-0.3, -0.25) is 9.36 Å². The lowest BCUT2D eigenvalue weighted by Gasteiger charge is -2.17. The van der Waals surface area contributed by atoms with Crippen LogP contribution in [0, 0.1) is 5.92 Å². The first kappa shape index (κ1) is 17.0. The Bertz CT molecular complexity index is 620. The summed E-state index contributed by atoms with van der Waals surface area (Å²) in [5.74, 6) is 0.725. The van der Waals surface area contributed by atoms with Crippen molar-refractivity contribution >= 4 is 11.6 Å². The van der Waals surface area contributed by atoms with Crippen LogP contribution in [0.4, 0.5) is 5.69 Å². The molecule has 1 N–H and O–H groups in total. The molecule has 0 bridgehead atoms. The zero-order valence-electron chi connectivity index (χ0n) is 14.0. The highest BCUT2D eigenvalue weighted by molar-refractivity contribution is 5.94. The van der Waals surface area contributed by atoms with Gasteiger partial charge in [0.15, 0.2) is 0 Å². The Morgan fingerprint density at radius 2 is 1.87 bits per heavy atom. The van der Waals surface area contributed by atoms with E-state index in [4.69, 9.17) is 4.74 Å². The SMILES string of the molecule is CCCC(CCC)C(=O)Nc1cc(-n2cnnc2)ccc1OC. The molecule has 6 heteroatoms. The normalized spacial score (nSPS) is 10.8. The van der Waals surface area contributed by atoms with Gasteiger partial charge in [-0.2, -0.15) is 0 Å². The molecule has 0 unspecified atom stereocenters. The molecule has 0 radical (unpaired) electrons. The molecule has 2 rings (SSSR count). The summed E-state index contributed by atoms with van der Waals surface area (Å²) in [6.45, 7) is 4.20. The van der Waals surface area contributed by atoms with E-state index in [9.17, 15) is 4.79 Å². The summed E-state index contributed by atoms with van der Waals surface area (Å²) >= 11 is 0. The van der Waals surface area contributed by atoms with Gasteiger partial charge in [-0.25, -0.2) is 0 Å². The van der Waals surface area contributed by atoms with Gasteiger partial charge in [0.25, 0.3) is 0 Å². The van der Waals surface area contributed by atoms with Crippen molar-refractivity contribution in [2.24, 2.45) is 5.92 Å². The molecule has 0 aliphatic rings. The molecule has 0 saturated heterocycles. The van der Waals surface area contributed by atoms with Crippen molar-refractivity contribution in [1.82, 2.24) is 14.8 Å². The van der Waals surface area contributed by atoms with Gasteiger partial charge in [0.05, 0.1) is 18.5 Å². The fourth-order valence-electron chi connectivity index (χ4n) is 2.63. The molecule has 0 saturated carbocycles. The van der Waals surface area contributed by atoms with Gasteiger partial charge in [0.2, 0.25) is 5.91 Å². The number of anilines is 1. The second kappa shape index (κ2) is 8.31. The lowest BCUT2D eigenvalue weighted by molar-refractivity contribution is -0.120. The molecule has 6 nitrogen and oxygen atoms in total. The Hall–Kier alpha value is -2.37. The van der Waals surface area contributed by atoms with Gasteiger partial charge < -0.3 is 10.1 Å². The van der Waals surface area contributed by atoms with Crippen molar-refractivity contribution in [3.05, 3.63) is 30.9 Å². The van der Waals surface area contributed by atoms with Crippen molar-refractivity contribution in [2.45, 2.75) is 39.5 Å². The highest BCUT2D eigenvalue weighted by Gasteiger charge is 2.18. The molecule has 2 aromatic rings. The molecule has 0 spiro atoms. The van der Waals surface area contributed by atoms with Crippen molar-refractivity contribution in [1.29, 1.82) is 0 Å². The van der Waals surface area contributed by atoms with Gasteiger partial charge in [-0.05, 0) is 31.0 Å². The van der Waals surface area contributed by atoms with Crippen LogP contribution in [-0.4, -0.2) is 27.8 Å². The first-order valence-electron chi connectivity index (χ1n) is 8.03. The summed E-state index contributed by atoms with van der Waals surface area (Å²) in [7, 11) is 1.60. The zero-order valence-corrected chi connectivity index (χ0v) is 14.0. The molecule has 124 valence electrons. The van der Waals surface area contributed by atoms with Gasteiger partial charge >= 0.3 is 0 Å². The topological polar surface area (TPSA) is 69.0 Å². The predicted octanol–water partition coefficient (Wildman–Crippen LogP) is 3.43. The monoisotopic (exact) mass is 316 g/mol. The Morgan fingerprint density at radius 1 is 1.22 bits per heavy atom. The summed E-state index contributed by atoms with van der Waals surface area (Å²) in [5.41, 5.74) is 1.54. The van der Waals surface area contributed by atoms with Gasteiger partial charge in [-0.15, -0.1) is 10.2 Å². The number of hydrogen-bond donors (Lipinski definition) is 1. The van der Waals surface area contributed by atoms with Crippen molar-refractivity contribution < 1.29 is 9.53 Å². The van der Waals surface area contributed by atoms with Crippen LogP contribution in [0.3, 0.4) is 0 Å². The molecule has 0 fully saturated rings. The number of nitrogens with one attached hydrogen (secondary N) is 1. The molecule has 1 aromatic heterocycles. The van der Waals surface area contributed by atoms with Crippen LogP contribution in [0.5, 0.6) is 5.75 Å². The molecule has 1 amide bonds. The Kier molecular flexibility index (Phi) is 6.14. The van der Waals surface area contributed by atoms with E-state index in [0.717, 1.165) is 31.4 Å². The summed E-state index contributed by atoms with van der Waals surface area (Å²) in [6.07, 6.45) is 7.01. The highest BCUT2D eigenvalue weighted by atomic mass is 16.5. The third-order valence-corrected chi connectivity index (χ3v) is 3.80. The zero-order chi connectivity index (χ0) is 16.7. The third kappa shape index (κ3) is 4.31. The summed E-state index contributed by atoms with van der Waals surface area (Å²) in [6, 6.07) is 5.60. The van der Waals surface area contributed by atoms with Crippen LogP contribution in [0.25, 0.3) is 5.69 Å². The van der Waals surface area contributed by atoms with E-state index in [1.54, 1.807) is 24.3 Å². The minimum absolute atomic E-state index is 0.0354. The number of carbonyl (C=O) groups excluding carboxylic acids is 1. The second-order valence-electron chi connectivity index (χ2n) is 5.52.